The van der Waals surface area contributed by atoms with Gasteiger partial charge in [-0.25, -0.2) is 12.1 Å². The van der Waals surface area contributed by atoms with Crippen molar-refractivity contribution in [3.63, 3.8) is 0 Å². The minimum atomic E-state index is 0. The fourth-order valence-electron chi connectivity index (χ4n) is 5.71. The van der Waals surface area contributed by atoms with Crippen LogP contribution >= 0.6 is 0 Å². The van der Waals surface area contributed by atoms with Crippen LogP contribution in [-0.4, -0.2) is 3.21 Å². The Kier molecular flexibility index (Phi) is 14.4. The number of hydrogen-bond acceptors (Lipinski definition) is 0. The molecule has 46 heavy (non-hydrogen) atoms. The summed E-state index contributed by atoms with van der Waals surface area (Å²) in [4.78, 5) is 0. The molecule has 1 heteroatoms. The molecule has 0 bridgehead atoms. The maximum absolute atomic E-state index is 2.44. The van der Waals surface area contributed by atoms with Gasteiger partial charge in [-0.1, -0.05) is 76.9 Å². The van der Waals surface area contributed by atoms with Crippen LogP contribution < -0.4 is 0 Å². The summed E-state index contributed by atoms with van der Waals surface area (Å²) >= 11 is 1.62. The molecular formula is C45H60Zr-4. The Bertz CT molecular complexity index is 1540. The van der Waals surface area contributed by atoms with E-state index in [4.69, 9.17) is 0 Å². The summed E-state index contributed by atoms with van der Waals surface area (Å²) in [5, 5.41) is 5.48. The topological polar surface area (TPSA) is 0 Å². The van der Waals surface area contributed by atoms with Crippen LogP contribution in [0.3, 0.4) is 0 Å². The molecule has 5 aromatic rings. The van der Waals surface area contributed by atoms with Crippen LogP contribution in [-0.2, 0) is 35.1 Å². The Morgan fingerprint density at radius 3 is 1.41 bits per heavy atom. The number of benzene rings is 3. The van der Waals surface area contributed by atoms with Crippen molar-refractivity contribution in [1.82, 2.24) is 0 Å². The normalized spacial score (nSPS) is 13.2. The molecule has 0 aromatic heterocycles. The van der Waals surface area contributed by atoms with Gasteiger partial charge >= 0.3 is 127 Å². The van der Waals surface area contributed by atoms with E-state index in [0.717, 1.165) is 5.92 Å². The molecule has 0 nitrogen and oxygen atoms in total. The van der Waals surface area contributed by atoms with E-state index < -0.39 is 0 Å². The molecule has 1 aliphatic rings. The van der Waals surface area contributed by atoms with E-state index in [0.29, 0.717) is 11.8 Å². The summed E-state index contributed by atoms with van der Waals surface area (Å²) in [6, 6.07) is 33.5. The van der Waals surface area contributed by atoms with Gasteiger partial charge in [-0.3, -0.25) is 0 Å². The van der Waals surface area contributed by atoms with Crippen molar-refractivity contribution in [2.24, 2.45) is 5.92 Å². The van der Waals surface area contributed by atoms with E-state index in [1.54, 1.807) is 27.4 Å². The Hall–Kier alpha value is -2.37. The molecule has 248 valence electrons. The first kappa shape index (κ1) is 39.8. The molecule has 0 amide bonds. The second-order valence-electron chi connectivity index (χ2n) is 15.4. The quantitative estimate of drug-likeness (QED) is 0.165. The van der Waals surface area contributed by atoms with Crippen molar-refractivity contribution in [3.8, 4) is 0 Å². The van der Waals surface area contributed by atoms with Gasteiger partial charge in [0, 0.05) is 0 Å². The molecule has 5 aromatic carbocycles. The molecule has 1 fully saturated rings. The van der Waals surface area contributed by atoms with Gasteiger partial charge in [-0.2, -0.15) is 18.2 Å². The smallest absolute Gasteiger partial charge is 0.172 e. The van der Waals surface area contributed by atoms with Gasteiger partial charge < -0.3 is 14.9 Å². The van der Waals surface area contributed by atoms with E-state index in [2.05, 4.69) is 130 Å². The monoisotopic (exact) mass is 690 g/mol. The van der Waals surface area contributed by atoms with Gasteiger partial charge in [0.2, 0.25) is 0 Å². The van der Waals surface area contributed by atoms with Crippen molar-refractivity contribution in [2.45, 2.75) is 111 Å². The average molecular weight is 692 g/mol. The fourth-order valence-corrected chi connectivity index (χ4v) is 6.77. The predicted molar refractivity (Wildman–Crippen MR) is 205 cm³/mol. The maximum Gasteiger partial charge on any atom is -0.172 e. The first-order chi connectivity index (χ1) is 20.6. The molecule has 0 N–H and O–H groups in total. The Labute approximate surface area is 298 Å². The van der Waals surface area contributed by atoms with Crippen molar-refractivity contribution in [3.05, 3.63) is 134 Å². The summed E-state index contributed by atoms with van der Waals surface area (Å²) in [6.07, 6.45) is 4.27. The summed E-state index contributed by atoms with van der Waals surface area (Å²) in [5.41, 5.74) is 7.77. The molecule has 0 radical (unpaired) electrons. The zero-order valence-electron chi connectivity index (χ0n) is 31.0. The fraction of sp³-hybridized carbons (Fsp3) is 0.400. The third-order valence-corrected chi connectivity index (χ3v) is 10.8. The summed E-state index contributed by atoms with van der Waals surface area (Å²) in [6.45, 7) is 22.8. The third kappa shape index (κ3) is 10.1. The first-order valence-corrected chi connectivity index (χ1v) is 17.9. The van der Waals surface area contributed by atoms with E-state index in [1.807, 2.05) is 30.3 Å². The SMILES string of the molecule is CC(C)(C)c1ccc2c(c1)[cH-]c1cc(C(C)(C)C)ccc12.CC(C)c1cc([C](=[Zr])C2CCC2)cc(C(C)C)c1.[CH3-].[CH3-].c1cc[cH-]c1. The summed E-state index contributed by atoms with van der Waals surface area (Å²) in [5.74, 6) is 2.16. The zero-order valence-corrected chi connectivity index (χ0v) is 33.5. The van der Waals surface area contributed by atoms with Gasteiger partial charge in [-0.15, -0.1) is 39.7 Å². The van der Waals surface area contributed by atoms with Crippen molar-refractivity contribution in [2.75, 3.05) is 0 Å². The molecular weight excluding hydrogens is 632 g/mol. The zero-order chi connectivity index (χ0) is 32.2. The molecule has 0 saturated heterocycles. The number of rotatable bonds is 4. The van der Waals surface area contributed by atoms with Crippen molar-refractivity contribution >= 4 is 24.8 Å². The van der Waals surface area contributed by atoms with E-state index >= 15 is 0 Å². The van der Waals surface area contributed by atoms with Crippen LogP contribution in [0.5, 0.6) is 0 Å². The van der Waals surface area contributed by atoms with Crippen molar-refractivity contribution in [1.29, 1.82) is 0 Å². The first-order valence-electron chi connectivity index (χ1n) is 16.7. The minimum Gasteiger partial charge on any atom is -0.358 e. The molecule has 0 spiro atoms. The predicted octanol–water partition coefficient (Wildman–Crippen LogP) is 13.4. The molecule has 0 atom stereocenters. The molecule has 0 aliphatic heterocycles. The molecule has 0 unspecified atom stereocenters. The Balaban J connectivity index is 0.000000270. The second kappa shape index (κ2) is 16.6. The Morgan fingerprint density at radius 1 is 0.674 bits per heavy atom. The van der Waals surface area contributed by atoms with Crippen LogP contribution in [0.1, 0.15) is 128 Å². The molecule has 6 rings (SSSR count). The minimum absolute atomic E-state index is 0. The largest absolute Gasteiger partial charge is 0.358 e. The Morgan fingerprint density at radius 2 is 1.11 bits per heavy atom. The second-order valence-corrected chi connectivity index (χ2v) is 16.8. The molecule has 1 saturated carbocycles. The van der Waals surface area contributed by atoms with E-state index in [-0.39, 0.29) is 25.7 Å². The van der Waals surface area contributed by atoms with Crippen molar-refractivity contribution < 1.29 is 24.2 Å². The van der Waals surface area contributed by atoms with Crippen LogP contribution in [0.25, 0.3) is 21.5 Å². The van der Waals surface area contributed by atoms with Gasteiger partial charge in [-0.05, 0) is 10.8 Å². The number of fused-ring (bicyclic) bond motifs is 3. The maximum atomic E-state index is 2.44. The van der Waals surface area contributed by atoms with Gasteiger partial charge in [0.1, 0.15) is 0 Å². The van der Waals surface area contributed by atoms with Crippen LogP contribution in [0.2, 0.25) is 0 Å². The van der Waals surface area contributed by atoms with E-state index in [1.165, 1.54) is 68.6 Å². The third-order valence-electron chi connectivity index (χ3n) is 9.13. The number of hydrogen-bond donors (Lipinski definition) is 0. The van der Waals surface area contributed by atoms with E-state index in [9.17, 15) is 0 Å². The average Bonchev–Trinajstić information content (AvgIpc) is 3.62. The molecule has 0 heterocycles. The summed E-state index contributed by atoms with van der Waals surface area (Å²) in [7, 11) is 0. The standard InChI is InChI=1S/C21H25.C17H24.C5H5.2CH3.Zr/c1-20(2,3)16-7-9-18-14(12-16)11-15-13-17(21(4,5)6)8-10-19(15)18;1-12(2)16-9-15(8-14-6-5-7-14)10-17(11-16)13(3)4;1-2-4-5-3-1;;;/h7-13H,1-6H3;9-14H,5-7H2,1-4H3;1-5H;2*1H3;/q-1;;3*-1;. The van der Waals surface area contributed by atoms with Gasteiger partial charge in [0.25, 0.3) is 0 Å². The molecule has 1 aliphatic carbocycles. The van der Waals surface area contributed by atoms with Crippen LogP contribution in [0, 0.1) is 20.8 Å². The van der Waals surface area contributed by atoms with Gasteiger partial charge in [0.05, 0.1) is 0 Å². The summed E-state index contributed by atoms with van der Waals surface area (Å²) < 4.78 is 1.71. The van der Waals surface area contributed by atoms with Gasteiger partial charge in [0.15, 0.2) is 0 Å². The van der Waals surface area contributed by atoms with Crippen LogP contribution in [0.15, 0.2) is 91.0 Å². The van der Waals surface area contributed by atoms with Crippen LogP contribution in [0.4, 0.5) is 0 Å².